The molecule has 2 aromatic heterocycles. The average Bonchev–Trinajstić information content (AvgIpc) is 2.73. The Morgan fingerprint density at radius 1 is 1.39 bits per heavy atom. The highest BCUT2D eigenvalue weighted by Crippen LogP contribution is 2.20. The maximum Gasteiger partial charge on any atom is 0.243 e. The summed E-state index contributed by atoms with van der Waals surface area (Å²) in [5.41, 5.74) is 5.30. The molecule has 2 aromatic rings. The van der Waals surface area contributed by atoms with Crippen LogP contribution in [0.3, 0.4) is 0 Å². The van der Waals surface area contributed by atoms with Crippen molar-refractivity contribution in [2.24, 2.45) is 0 Å². The van der Waals surface area contributed by atoms with Crippen LogP contribution < -0.4 is 10.5 Å². The summed E-state index contributed by atoms with van der Waals surface area (Å²) in [5.74, 6) is 0.0381. The number of nitrogen functional groups attached to an aromatic ring is 1. The van der Waals surface area contributed by atoms with Crippen molar-refractivity contribution in [3.8, 4) is 0 Å². The van der Waals surface area contributed by atoms with Gasteiger partial charge in [0.1, 0.15) is 4.90 Å². The number of nitrogens with one attached hydrogen (secondary N) is 1. The van der Waals surface area contributed by atoms with Crippen molar-refractivity contribution in [3.63, 3.8) is 0 Å². The first-order chi connectivity index (χ1) is 8.47. The number of hydrogen-bond donors (Lipinski definition) is 2. The van der Waals surface area contributed by atoms with E-state index in [0.29, 0.717) is 0 Å². The molecule has 0 radical (unpaired) electrons. The van der Waals surface area contributed by atoms with E-state index in [0.717, 1.165) is 9.35 Å². The molecule has 0 aromatic carbocycles. The van der Waals surface area contributed by atoms with Gasteiger partial charge in [0.05, 0.1) is 12.4 Å². The average molecular weight is 349 g/mol. The molecular formula is C9H9BrN4O2S2. The topological polar surface area (TPSA) is 98.0 Å². The lowest BCUT2D eigenvalue weighted by molar-refractivity contribution is 0.581. The molecular weight excluding hydrogens is 340 g/mol. The maximum atomic E-state index is 11.9. The summed E-state index contributed by atoms with van der Waals surface area (Å²) in [6.07, 6.45) is 2.35. The minimum Gasteiger partial charge on any atom is -0.368 e. The van der Waals surface area contributed by atoms with Crippen LogP contribution >= 0.6 is 27.3 Å². The largest absolute Gasteiger partial charge is 0.368 e. The Balaban J connectivity index is 2.10. The van der Waals surface area contributed by atoms with Crippen LogP contribution in [0.2, 0.25) is 0 Å². The van der Waals surface area contributed by atoms with Gasteiger partial charge in [-0.15, -0.1) is 11.3 Å². The molecule has 0 fully saturated rings. The van der Waals surface area contributed by atoms with Gasteiger partial charge < -0.3 is 5.73 Å². The summed E-state index contributed by atoms with van der Waals surface area (Å²) in [4.78, 5) is 8.19. The molecule has 3 N–H and O–H groups in total. The van der Waals surface area contributed by atoms with E-state index in [1.54, 1.807) is 0 Å². The van der Waals surface area contributed by atoms with Crippen molar-refractivity contribution >= 4 is 43.2 Å². The molecule has 2 heterocycles. The Labute approximate surface area is 116 Å². The zero-order chi connectivity index (χ0) is 13.2. The van der Waals surface area contributed by atoms with Crippen molar-refractivity contribution in [2.45, 2.75) is 11.4 Å². The Hall–Kier alpha value is -1.03. The lowest BCUT2D eigenvalue weighted by Crippen LogP contribution is -2.23. The lowest BCUT2D eigenvalue weighted by Gasteiger charge is -2.04. The molecule has 6 nitrogen and oxygen atoms in total. The number of thiophene rings is 1. The minimum absolute atomic E-state index is 0.00711. The molecule has 0 atom stereocenters. The molecule has 0 saturated heterocycles. The van der Waals surface area contributed by atoms with E-state index < -0.39 is 10.0 Å². The van der Waals surface area contributed by atoms with Gasteiger partial charge in [-0.3, -0.25) is 0 Å². The first kappa shape index (κ1) is 13.4. The van der Waals surface area contributed by atoms with Gasteiger partial charge in [-0.2, -0.15) is 0 Å². The number of halogens is 1. The molecule has 0 aliphatic carbocycles. The van der Waals surface area contributed by atoms with Gasteiger partial charge in [-0.1, -0.05) is 0 Å². The van der Waals surface area contributed by atoms with Gasteiger partial charge in [0, 0.05) is 21.3 Å². The number of rotatable bonds is 4. The summed E-state index contributed by atoms with van der Waals surface area (Å²) in [5, 5.41) is 1.88. The molecule has 96 valence electrons. The Kier molecular flexibility index (Phi) is 3.95. The number of hydrogen-bond acceptors (Lipinski definition) is 6. The molecule has 0 unspecified atom stereocenters. The normalized spacial score (nSPS) is 11.6. The van der Waals surface area contributed by atoms with Crippen LogP contribution in [0, 0.1) is 0 Å². The molecule has 9 heteroatoms. The SMILES string of the molecule is Nc1ncc(S(=O)(=O)NCc2cc(Br)cs2)cn1. The molecule has 0 amide bonds. The molecule has 0 aliphatic rings. The zero-order valence-electron chi connectivity index (χ0n) is 9.00. The molecule has 0 aliphatic heterocycles. The van der Waals surface area contributed by atoms with Gasteiger partial charge in [0.15, 0.2) is 0 Å². The number of sulfonamides is 1. The first-order valence-electron chi connectivity index (χ1n) is 4.77. The van der Waals surface area contributed by atoms with Crippen molar-refractivity contribution in [1.29, 1.82) is 0 Å². The van der Waals surface area contributed by atoms with E-state index in [9.17, 15) is 8.42 Å². The summed E-state index contributed by atoms with van der Waals surface area (Å²) < 4.78 is 27.2. The van der Waals surface area contributed by atoms with Gasteiger partial charge in [0.25, 0.3) is 0 Å². The zero-order valence-corrected chi connectivity index (χ0v) is 12.2. The van der Waals surface area contributed by atoms with Crippen molar-refractivity contribution < 1.29 is 8.42 Å². The predicted octanol–water partition coefficient (Wildman–Crippen LogP) is 1.36. The van der Waals surface area contributed by atoms with Gasteiger partial charge >= 0.3 is 0 Å². The summed E-state index contributed by atoms with van der Waals surface area (Å²) >= 11 is 4.77. The Morgan fingerprint density at radius 3 is 2.61 bits per heavy atom. The second-order valence-electron chi connectivity index (χ2n) is 3.33. The van der Waals surface area contributed by atoms with Crippen LogP contribution in [0.4, 0.5) is 5.95 Å². The van der Waals surface area contributed by atoms with E-state index in [4.69, 9.17) is 5.73 Å². The fourth-order valence-corrected chi connectivity index (χ4v) is 3.54. The summed E-state index contributed by atoms with van der Waals surface area (Å²) in [6.45, 7) is 0.225. The predicted molar refractivity (Wildman–Crippen MR) is 72.5 cm³/mol. The third kappa shape index (κ3) is 3.25. The lowest BCUT2D eigenvalue weighted by atomic mass is 10.5. The number of aromatic nitrogens is 2. The molecule has 0 bridgehead atoms. The van der Waals surface area contributed by atoms with E-state index in [2.05, 4.69) is 30.6 Å². The van der Waals surface area contributed by atoms with Crippen LogP contribution in [0.1, 0.15) is 4.88 Å². The third-order valence-electron chi connectivity index (χ3n) is 2.02. The molecule has 0 saturated carbocycles. The third-order valence-corrected chi connectivity index (χ3v) is 5.07. The first-order valence-corrected chi connectivity index (χ1v) is 7.93. The number of anilines is 1. The van der Waals surface area contributed by atoms with E-state index in [1.807, 2.05) is 11.4 Å². The van der Waals surface area contributed by atoms with Crippen molar-refractivity contribution in [3.05, 3.63) is 33.2 Å². The van der Waals surface area contributed by atoms with Gasteiger partial charge in [-0.25, -0.2) is 23.1 Å². The van der Waals surface area contributed by atoms with Crippen LogP contribution in [-0.4, -0.2) is 18.4 Å². The molecule has 0 spiro atoms. The van der Waals surface area contributed by atoms with Crippen LogP contribution in [0.5, 0.6) is 0 Å². The highest BCUT2D eigenvalue weighted by Gasteiger charge is 2.15. The Morgan fingerprint density at radius 2 is 2.06 bits per heavy atom. The van der Waals surface area contributed by atoms with Gasteiger partial charge in [-0.05, 0) is 22.0 Å². The molecule has 18 heavy (non-hydrogen) atoms. The second kappa shape index (κ2) is 5.31. The highest BCUT2D eigenvalue weighted by atomic mass is 79.9. The van der Waals surface area contributed by atoms with E-state index in [-0.39, 0.29) is 17.4 Å². The minimum atomic E-state index is -3.61. The second-order valence-corrected chi connectivity index (χ2v) is 7.01. The monoisotopic (exact) mass is 348 g/mol. The van der Waals surface area contributed by atoms with E-state index in [1.165, 1.54) is 23.7 Å². The van der Waals surface area contributed by atoms with Crippen LogP contribution in [-0.2, 0) is 16.6 Å². The fraction of sp³-hybridized carbons (Fsp3) is 0.111. The molecule has 2 rings (SSSR count). The number of nitrogens with two attached hydrogens (primary N) is 1. The van der Waals surface area contributed by atoms with Crippen LogP contribution in [0.25, 0.3) is 0 Å². The standard InChI is InChI=1S/C9H9BrN4O2S2/c10-6-1-7(17-5-6)2-14-18(15,16)8-3-12-9(11)13-4-8/h1,3-5,14H,2H2,(H2,11,12,13). The summed E-state index contributed by atoms with van der Waals surface area (Å²) in [6, 6.07) is 1.85. The van der Waals surface area contributed by atoms with Crippen molar-refractivity contribution in [2.75, 3.05) is 5.73 Å². The van der Waals surface area contributed by atoms with E-state index >= 15 is 0 Å². The highest BCUT2D eigenvalue weighted by molar-refractivity contribution is 9.10. The van der Waals surface area contributed by atoms with Crippen molar-refractivity contribution in [1.82, 2.24) is 14.7 Å². The number of nitrogens with zero attached hydrogens (tertiary/aromatic N) is 2. The maximum absolute atomic E-state index is 11.9. The van der Waals surface area contributed by atoms with Crippen LogP contribution in [0.15, 0.2) is 33.2 Å². The summed E-state index contributed by atoms with van der Waals surface area (Å²) in [7, 11) is -3.61. The van der Waals surface area contributed by atoms with Gasteiger partial charge in [0.2, 0.25) is 16.0 Å². The fourth-order valence-electron chi connectivity index (χ4n) is 1.16. The smallest absolute Gasteiger partial charge is 0.243 e. The Bertz CT molecular complexity index is 639. The quantitative estimate of drug-likeness (QED) is 0.869.